The van der Waals surface area contributed by atoms with Gasteiger partial charge >= 0.3 is 0 Å². The Bertz CT molecular complexity index is 492. The molecule has 2 rings (SSSR count). The lowest BCUT2D eigenvalue weighted by molar-refractivity contribution is -0.0236. The first-order valence-corrected chi connectivity index (χ1v) is 7.99. The van der Waals surface area contributed by atoms with Crippen LogP contribution in [0.4, 0.5) is 0 Å². The van der Waals surface area contributed by atoms with Crippen LogP contribution < -0.4 is 10.6 Å². The normalized spacial score (nSPS) is 16.4. The van der Waals surface area contributed by atoms with E-state index in [4.69, 9.17) is 11.6 Å². The van der Waals surface area contributed by atoms with Crippen LogP contribution in [0.2, 0.25) is 5.02 Å². The van der Waals surface area contributed by atoms with Crippen molar-refractivity contribution in [1.29, 1.82) is 0 Å². The summed E-state index contributed by atoms with van der Waals surface area (Å²) in [7, 11) is 0. The van der Waals surface area contributed by atoms with Gasteiger partial charge in [0.25, 0.3) is 0 Å². The van der Waals surface area contributed by atoms with Gasteiger partial charge in [0.2, 0.25) is 0 Å². The van der Waals surface area contributed by atoms with Crippen molar-refractivity contribution >= 4 is 41.5 Å². The summed E-state index contributed by atoms with van der Waals surface area (Å²) in [6.45, 7) is 4.06. The maximum Gasteiger partial charge on any atom is 0.191 e. The van der Waals surface area contributed by atoms with Gasteiger partial charge in [-0.05, 0) is 44.2 Å². The minimum absolute atomic E-state index is 0. The third-order valence-corrected chi connectivity index (χ3v) is 4.17. The Morgan fingerprint density at radius 1 is 1.32 bits per heavy atom. The molecule has 1 aliphatic carbocycles. The van der Waals surface area contributed by atoms with Crippen LogP contribution in [0.25, 0.3) is 0 Å². The van der Waals surface area contributed by atoms with Crippen molar-refractivity contribution in [2.45, 2.75) is 38.2 Å². The molecule has 6 heteroatoms. The summed E-state index contributed by atoms with van der Waals surface area (Å²) in [4.78, 5) is 4.47. The van der Waals surface area contributed by atoms with Gasteiger partial charge in [-0.3, -0.25) is 4.99 Å². The number of guanidine groups is 1. The Morgan fingerprint density at radius 3 is 2.64 bits per heavy atom. The largest absolute Gasteiger partial charge is 0.388 e. The quantitative estimate of drug-likeness (QED) is 0.364. The number of aliphatic hydroxyl groups is 1. The van der Waals surface area contributed by atoms with Gasteiger partial charge in [0.15, 0.2) is 5.96 Å². The summed E-state index contributed by atoms with van der Waals surface area (Å²) in [6, 6.07) is 7.87. The minimum atomic E-state index is -0.578. The highest BCUT2D eigenvalue weighted by Gasteiger charge is 2.34. The van der Waals surface area contributed by atoms with Crippen LogP contribution in [-0.4, -0.2) is 36.3 Å². The number of halogens is 2. The maximum absolute atomic E-state index is 10.1. The van der Waals surface area contributed by atoms with Crippen molar-refractivity contribution < 1.29 is 5.11 Å². The molecule has 0 unspecified atom stereocenters. The van der Waals surface area contributed by atoms with Crippen LogP contribution in [0.1, 0.15) is 31.7 Å². The van der Waals surface area contributed by atoms with E-state index in [0.29, 0.717) is 6.54 Å². The van der Waals surface area contributed by atoms with E-state index in [9.17, 15) is 5.11 Å². The summed E-state index contributed by atoms with van der Waals surface area (Å²) in [5.74, 6) is 0.755. The van der Waals surface area contributed by atoms with E-state index >= 15 is 0 Å². The lowest BCUT2D eigenvalue weighted by Crippen LogP contribution is -2.43. The predicted octanol–water partition coefficient (Wildman–Crippen LogP) is 2.97. The fourth-order valence-electron chi connectivity index (χ4n) is 2.33. The van der Waals surface area contributed by atoms with E-state index < -0.39 is 5.60 Å². The summed E-state index contributed by atoms with van der Waals surface area (Å²) in [6.07, 6.45) is 3.65. The van der Waals surface area contributed by atoms with Gasteiger partial charge in [0, 0.05) is 18.1 Å². The minimum Gasteiger partial charge on any atom is -0.388 e. The van der Waals surface area contributed by atoms with Gasteiger partial charge < -0.3 is 15.7 Å². The fraction of sp³-hybridized carbons (Fsp3) is 0.562. The molecule has 0 bridgehead atoms. The second-order valence-corrected chi connectivity index (χ2v) is 5.95. The van der Waals surface area contributed by atoms with Gasteiger partial charge in [-0.15, -0.1) is 24.0 Å². The summed E-state index contributed by atoms with van der Waals surface area (Å²) in [5.41, 5.74) is 0.547. The molecule has 1 fully saturated rings. The number of hydrogen-bond donors (Lipinski definition) is 3. The van der Waals surface area contributed by atoms with E-state index in [0.717, 1.165) is 55.3 Å². The maximum atomic E-state index is 10.1. The first kappa shape index (κ1) is 19.5. The highest BCUT2D eigenvalue weighted by molar-refractivity contribution is 14.0. The molecule has 124 valence electrons. The van der Waals surface area contributed by atoms with Gasteiger partial charge in [-0.2, -0.15) is 0 Å². The van der Waals surface area contributed by atoms with Crippen molar-refractivity contribution in [2.75, 3.05) is 19.6 Å². The van der Waals surface area contributed by atoms with E-state index in [1.165, 1.54) is 0 Å². The van der Waals surface area contributed by atoms with E-state index in [1.807, 2.05) is 31.2 Å². The Kier molecular flexibility index (Phi) is 8.49. The molecule has 0 aromatic heterocycles. The fourth-order valence-corrected chi connectivity index (χ4v) is 2.56. The highest BCUT2D eigenvalue weighted by atomic mass is 127. The van der Waals surface area contributed by atoms with E-state index in [2.05, 4.69) is 15.6 Å². The molecule has 0 saturated heterocycles. The van der Waals surface area contributed by atoms with Crippen LogP contribution in [0.3, 0.4) is 0 Å². The third kappa shape index (κ3) is 5.93. The lowest BCUT2D eigenvalue weighted by atomic mass is 9.80. The van der Waals surface area contributed by atoms with Crippen LogP contribution in [0, 0.1) is 0 Å². The van der Waals surface area contributed by atoms with Gasteiger partial charge in [0.05, 0.1) is 12.1 Å². The average Bonchev–Trinajstić information content (AvgIpc) is 2.45. The number of aliphatic imine (C=N–C) groups is 1. The van der Waals surface area contributed by atoms with Crippen molar-refractivity contribution in [3.05, 3.63) is 34.9 Å². The zero-order valence-electron chi connectivity index (χ0n) is 12.9. The molecule has 1 aliphatic rings. The SMILES string of the molecule is CCNC(=NCC1(O)CCC1)NCCc1ccccc1Cl.I. The number of nitrogens with one attached hydrogen (secondary N) is 2. The van der Waals surface area contributed by atoms with Crippen molar-refractivity contribution in [2.24, 2.45) is 4.99 Å². The Labute approximate surface area is 154 Å². The topological polar surface area (TPSA) is 56.7 Å². The Morgan fingerprint density at radius 2 is 2.05 bits per heavy atom. The zero-order chi connectivity index (χ0) is 15.1. The molecular weight excluding hydrogens is 413 g/mol. The number of hydrogen-bond acceptors (Lipinski definition) is 2. The molecule has 1 aromatic rings. The Hall–Kier alpha value is -0.530. The molecule has 1 saturated carbocycles. The first-order chi connectivity index (χ1) is 10.1. The van der Waals surface area contributed by atoms with Gasteiger partial charge in [-0.25, -0.2) is 0 Å². The predicted molar refractivity (Wildman–Crippen MR) is 103 cm³/mol. The molecule has 0 heterocycles. The van der Waals surface area contributed by atoms with Gasteiger partial charge in [0.1, 0.15) is 0 Å². The molecule has 4 nitrogen and oxygen atoms in total. The molecule has 0 aliphatic heterocycles. The third-order valence-electron chi connectivity index (χ3n) is 3.80. The molecule has 22 heavy (non-hydrogen) atoms. The molecule has 0 atom stereocenters. The standard InChI is InChI=1S/C16H24ClN3O.HI/c1-2-18-15(20-12-16(21)9-5-10-16)19-11-8-13-6-3-4-7-14(13)17;/h3-4,6-7,21H,2,5,8-12H2,1H3,(H2,18,19,20);1H. The second-order valence-electron chi connectivity index (χ2n) is 5.54. The molecule has 0 spiro atoms. The molecule has 1 aromatic carbocycles. The van der Waals surface area contributed by atoms with Crippen LogP contribution in [-0.2, 0) is 6.42 Å². The smallest absolute Gasteiger partial charge is 0.191 e. The van der Waals surface area contributed by atoms with Crippen molar-refractivity contribution in [3.63, 3.8) is 0 Å². The molecule has 0 radical (unpaired) electrons. The monoisotopic (exact) mass is 437 g/mol. The summed E-state index contributed by atoms with van der Waals surface area (Å²) >= 11 is 6.14. The lowest BCUT2D eigenvalue weighted by Gasteiger charge is -2.35. The first-order valence-electron chi connectivity index (χ1n) is 7.61. The van der Waals surface area contributed by atoms with Crippen molar-refractivity contribution in [3.8, 4) is 0 Å². The highest BCUT2D eigenvalue weighted by Crippen LogP contribution is 2.31. The average molecular weight is 438 g/mol. The van der Waals surface area contributed by atoms with E-state index in [1.54, 1.807) is 0 Å². The number of benzene rings is 1. The van der Waals surface area contributed by atoms with Crippen LogP contribution in [0.5, 0.6) is 0 Å². The second kappa shape index (κ2) is 9.57. The molecule has 3 N–H and O–H groups in total. The Balaban J connectivity index is 0.00000242. The van der Waals surface area contributed by atoms with Crippen LogP contribution >= 0.6 is 35.6 Å². The van der Waals surface area contributed by atoms with Gasteiger partial charge in [-0.1, -0.05) is 29.8 Å². The van der Waals surface area contributed by atoms with E-state index in [-0.39, 0.29) is 24.0 Å². The van der Waals surface area contributed by atoms with Crippen molar-refractivity contribution in [1.82, 2.24) is 10.6 Å². The molecular formula is C16H25ClIN3O. The molecule has 0 amide bonds. The van der Waals surface area contributed by atoms with Crippen LogP contribution in [0.15, 0.2) is 29.3 Å². The zero-order valence-corrected chi connectivity index (χ0v) is 16.0. The number of rotatable bonds is 6. The summed E-state index contributed by atoms with van der Waals surface area (Å²) < 4.78 is 0. The number of nitrogens with zero attached hydrogens (tertiary/aromatic N) is 1. The summed E-state index contributed by atoms with van der Waals surface area (Å²) in [5, 5.41) is 17.4.